The quantitative estimate of drug-likeness (QED) is 0.900. The lowest BCUT2D eigenvalue weighted by Crippen LogP contribution is -2.43. The number of aliphatic hydroxyl groups is 1. The number of nitrogens with one attached hydrogen (secondary N) is 1. The first-order valence-electron chi connectivity index (χ1n) is 9.26. The molecule has 2 N–H and O–H groups in total. The third kappa shape index (κ3) is 5.85. The SMILES string of the molecule is OC1CCN(Cc2ccccc2)C1.c1ccc(N2CCNCC2)cc1. The van der Waals surface area contributed by atoms with Crippen LogP contribution in [0.4, 0.5) is 5.69 Å². The van der Waals surface area contributed by atoms with Crippen LogP contribution < -0.4 is 10.2 Å². The summed E-state index contributed by atoms with van der Waals surface area (Å²) in [7, 11) is 0. The minimum Gasteiger partial charge on any atom is -0.392 e. The van der Waals surface area contributed by atoms with E-state index in [0.29, 0.717) is 0 Å². The summed E-state index contributed by atoms with van der Waals surface area (Å²) in [6, 6.07) is 21.0. The van der Waals surface area contributed by atoms with Gasteiger partial charge in [0.05, 0.1) is 6.10 Å². The highest BCUT2D eigenvalue weighted by molar-refractivity contribution is 5.46. The molecule has 2 aliphatic rings. The fourth-order valence-electron chi connectivity index (χ4n) is 3.36. The van der Waals surface area contributed by atoms with E-state index in [9.17, 15) is 5.11 Å². The van der Waals surface area contributed by atoms with Gasteiger partial charge < -0.3 is 15.3 Å². The summed E-state index contributed by atoms with van der Waals surface area (Å²) in [5.74, 6) is 0. The first-order valence-corrected chi connectivity index (χ1v) is 9.26. The van der Waals surface area contributed by atoms with Crippen LogP contribution in [0.3, 0.4) is 0 Å². The molecule has 2 saturated heterocycles. The van der Waals surface area contributed by atoms with Crippen LogP contribution >= 0.6 is 0 Å². The van der Waals surface area contributed by atoms with Gasteiger partial charge in [0.1, 0.15) is 0 Å². The molecular formula is C21H29N3O. The van der Waals surface area contributed by atoms with Crippen molar-refractivity contribution in [2.45, 2.75) is 19.1 Å². The van der Waals surface area contributed by atoms with Gasteiger partial charge in [0.25, 0.3) is 0 Å². The third-order valence-corrected chi connectivity index (χ3v) is 4.73. The Balaban J connectivity index is 0.000000146. The van der Waals surface area contributed by atoms with E-state index in [2.05, 4.69) is 69.7 Å². The second-order valence-electron chi connectivity index (χ2n) is 6.74. The number of hydrogen-bond donors (Lipinski definition) is 2. The Hall–Kier alpha value is -1.88. The van der Waals surface area contributed by atoms with Gasteiger partial charge in [-0.15, -0.1) is 0 Å². The van der Waals surface area contributed by atoms with Crippen LogP contribution in [0.15, 0.2) is 60.7 Å². The summed E-state index contributed by atoms with van der Waals surface area (Å²) in [5.41, 5.74) is 2.68. The van der Waals surface area contributed by atoms with Crippen LogP contribution in [0.2, 0.25) is 0 Å². The molecule has 4 heteroatoms. The van der Waals surface area contributed by atoms with Gasteiger partial charge in [-0.2, -0.15) is 0 Å². The molecule has 1 unspecified atom stereocenters. The molecule has 1 atom stereocenters. The molecule has 0 spiro atoms. The second-order valence-corrected chi connectivity index (χ2v) is 6.74. The maximum Gasteiger partial charge on any atom is 0.0679 e. The van der Waals surface area contributed by atoms with Crippen LogP contribution in [0.25, 0.3) is 0 Å². The molecule has 0 aliphatic carbocycles. The monoisotopic (exact) mass is 339 g/mol. The number of aliphatic hydroxyl groups excluding tert-OH is 1. The van der Waals surface area contributed by atoms with Gasteiger partial charge in [-0.1, -0.05) is 48.5 Å². The standard InChI is InChI=1S/C11H15NO.C10H14N2/c13-11-6-7-12(9-11)8-10-4-2-1-3-5-10;1-2-4-10(5-3-1)12-8-6-11-7-9-12/h1-5,11,13H,6-9H2;1-5,11H,6-9H2. The van der Waals surface area contributed by atoms with Crippen LogP contribution in [0.5, 0.6) is 0 Å². The molecule has 2 aromatic carbocycles. The van der Waals surface area contributed by atoms with Gasteiger partial charge in [-0.05, 0) is 24.1 Å². The lowest BCUT2D eigenvalue weighted by molar-refractivity contribution is 0.175. The fourth-order valence-corrected chi connectivity index (χ4v) is 3.36. The molecule has 25 heavy (non-hydrogen) atoms. The highest BCUT2D eigenvalue weighted by Gasteiger charge is 2.19. The number of anilines is 1. The molecule has 4 nitrogen and oxygen atoms in total. The fraction of sp³-hybridized carbons (Fsp3) is 0.429. The van der Waals surface area contributed by atoms with Crippen molar-refractivity contribution in [1.29, 1.82) is 0 Å². The van der Waals surface area contributed by atoms with E-state index >= 15 is 0 Å². The molecule has 4 rings (SSSR count). The van der Waals surface area contributed by atoms with E-state index in [-0.39, 0.29) is 6.10 Å². The Kier molecular flexibility index (Phi) is 6.86. The lowest BCUT2D eigenvalue weighted by Gasteiger charge is -2.29. The van der Waals surface area contributed by atoms with E-state index in [0.717, 1.165) is 52.2 Å². The van der Waals surface area contributed by atoms with E-state index < -0.39 is 0 Å². The summed E-state index contributed by atoms with van der Waals surface area (Å²) in [6.45, 7) is 7.29. The van der Waals surface area contributed by atoms with Crippen molar-refractivity contribution < 1.29 is 5.11 Å². The van der Waals surface area contributed by atoms with Crippen molar-refractivity contribution >= 4 is 5.69 Å². The topological polar surface area (TPSA) is 38.7 Å². The summed E-state index contributed by atoms with van der Waals surface area (Å²) >= 11 is 0. The zero-order chi connectivity index (χ0) is 17.3. The van der Waals surface area contributed by atoms with Gasteiger partial charge in [-0.25, -0.2) is 0 Å². The first-order chi connectivity index (χ1) is 12.3. The largest absolute Gasteiger partial charge is 0.392 e. The second kappa shape index (κ2) is 9.56. The molecule has 0 bridgehead atoms. The van der Waals surface area contributed by atoms with Crippen molar-refractivity contribution in [2.75, 3.05) is 44.2 Å². The Morgan fingerprint density at radius 1 is 0.880 bits per heavy atom. The Bertz CT molecular complexity index is 599. The molecule has 2 aromatic rings. The number of hydrogen-bond acceptors (Lipinski definition) is 4. The Morgan fingerprint density at radius 2 is 1.52 bits per heavy atom. The number of β-amino-alcohol motifs (C(OH)–C–C–N with tert-alkyl or cyclic N) is 1. The number of nitrogens with zero attached hydrogens (tertiary/aromatic N) is 2. The first kappa shape index (κ1) is 17.9. The Labute approximate surface area is 151 Å². The molecule has 0 saturated carbocycles. The predicted molar refractivity (Wildman–Crippen MR) is 104 cm³/mol. The molecule has 2 aliphatic heterocycles. The van der Waals surface area contributed by atoms with Crippen molar-refractivity contribution in [3.05, 3.63) is 66.2 Å². The van der Waals surface area contributed by atoms with Gasteiger partial charge in [0, 0.05) is 51.5 Å². The number of rotatable bonds is 3. The summed E-state index contributed by atoms with van der Waals surface area (Å²) < 4.78 is 0. The normalized spacial score (nSPS) is 20.8. The van der Waals surface area contributed by atoms with Crippen molar-refractivity contribution in [3.8, 4) is 0 Å². The zero-order valence-corrected chi connectivity index (χ0v) is 14.8. The van der Waals surface area contributed by atoms with E-state index in [1.165, 1.54) is 11.3 Å². The van der Waals surface area contributed by atoms with Gasteiger partial charge in [-0.3, -0.25) is 4.90 Å². The smallest absolute Gasteiger partial charge is 0.0679 e. The highest BCUT2D eigenvalue weighted by Crippen LogP contribution is 2.13. The van der Waals surface area contributed by atoms with Crippen molar-refractivity contribution in [3.63, 3.8) is 0 Å². The highest BCUT2D eigenvalue weighted by atomic mass is 16.3. The maximum absolute atomic E-state index is 9.34. The van der Waals surface area contributed by atoms with Gasteiger partial charge >= 0.3 is 0 Å². The molecule has 0 amide bonds. The molecule has 0 radical (unpaired) electrons. The number of piperazine rings is 1. The van der Waals surface area contributed by atoms with Gasteiger partial charge in [0.15, 0.2) is 0 Å². The van der Waals surface area contributed by atoms with Crippen LogP contribution in [-0.4, -0.2) is 55.4 Å². The van der Waals surface area contributed by atoms with Crippen LogP contribution in [0, 0.1) is 0 Å². The van der Waals surface area contributed by atoms with E-state index in [1.807, 2.05) is 6.07 Å². The average molecular weight is 339 g/mol. The lowest BCUT2D eigenvalue weighted by atomic mass is 10.2. The van der Waals surface area contributed by atoms with Gasteiger partial charge in [0.2, 0.25) is 0 Å². The third-order valence-electron chi connectivity index (χ3n) is 4.73. The maximum atomic E-state index is 9.34. The van der Waals surface area contributed by atoms with Crippen molar-refractivity contribution in [2.24, 2.45) is 0 Å². The predicted octanol–water partition coefficient (Wildman–Crippen LogP) is 2.35. The van der Waals surface area contributed by atoms with Crippen molar-refractivity contribution in [1.82, 2.24) is 10.2 Å². The number of benzene rings is 2. The molecule has 2 heterocycles. The van der Waals surface area contributed by atoms with E-state index in [1.54, 1.807) is 0 Å². The molecule has 0 aromatic heterocycles. The van der Waals surface area contributed by atoms with Crippen LogP contribution in [-0.2, 0) is 6.54 Å². The average Bonchev–Trinajstić information content (AvgIpc) is 3.09. The summed E-state index contributed by atoms with van der Waals surface area (Å²) in [4.78, 5) is 4.70. The minimum atomic E-state index is -0.108. The minimum absolute atomic E-state index is 0.108. The Morgan fingerprint density at radius 3 is 2.12 bits per heavy atom. The van der Waals surface area contributed by atoms with E-state index in [4.69, 9.17) is 0 Å². The summed E-state index contributed by atoms with van der Waals surface area (Å²) in [5, 5.41) is 12.7. The summed E-state index contributed by atoms with van der Waals surface area (Å²) in [6.07, 6.45) is 0.816. The number of para-hydroxylation sites is 1. The number of likely N-dealkylation sites (tertiary alicyclic amines) is 1. The van der Waals surface area contributed by atoms with Crippen LogP contribution in [0.1, 0.15) is 12.0 Å². The molecule has 134 valence electrons. The zero-order valence-electron chi connectivity index (χ0n) is 14.8. The molecule has 2 fully saturated rings. The molecular weight excluding hydrogens is 310 g/mol.